The first-order valence-corrected chi connectivity index (χ1v) is 5.34. The lowest BCUT2D eigenvalue weighted by Gasteiger charge is -1.91. The van der Waals surface area contributed by atoms with Crippen LogP contribution in [0.4, 0.5) is 0 Å². The zero-order valence-electron chi connectivity index (χ0n) is 8.46. The summed E-state index contributed by atoms with van der Waals surface area (Å²) < 4.78 is 0. The normalized spacial score (nSPS) is 9.20. The van der Waals surface area contributed by atoms with Crippen molar-refractivity contribution in [1.29, 1.82) is 0 Å². The molecule has 1 heterocycles. The Hall–Kier alpha value is -1.35. The molecule has 0 saturated carbocycles. The molecule has 1 aromatic heterocycles. The van der Waals surface area contributed by atoms with Crippen LogP contribution in [-0.2, 0) is 0 Å². The summed E-state index contributed by atoms with van der Waals surface area (Å²) in [6.07, 6.45) is 0.798. The molecule has 15 heavy (non-hydrogen) atoms. The number of hydrogen-bond donors (Lipinski definition) is 3. The molecule has 0 radical (unpaired) electrons. The van der Waals surface area contributed by atoms with Crippen molar-refractivity contribution in [3.63, 3.8) is 0 Å². The van der Waals surface area contributed by atoms with Crippen LogP contribution in [0.2, 0.25) is 0 Å². The van der Waals surface area contributed by atoms with Gasteiger partial charge in [-0.15, -0.1) is 11.3 Å². The maximum absolute atomic E-state index is 11.1. The number of carbonyl (C=O) groups excluding carboxylic acids is 1. The first-order valence-electron chi connectivity index (χ1n) is 4.52. The third-order valence-electron chi connectivity index (χ3n) is 1.67. The van der Waals surface area contributed by atoms with Gasteiger partial charge in [-0.1, -0.05) is 11.8 Å². The van der Waals surface area contributed by atoms with E-state index in [0.717, 1.165) is 17.8 Å². The van der Waals surface area contributed by atoms with E-state index in [2.05, 4.69) is 22.6 Å². The lowest BCUT2D eigenvalue weighted by molar-refractivity contribution is 0.0957. The second kappa shape index (κ2) is 6.19. The predicted octanol–water partition coefficient (Wildman–Crippen LogP) is 0.313. The Labute approximate surface area is 92.8 Å². The van der Waals surface area contributed by atoms with Gasteiger partial charge in [0, 0.05) is 13.0 Å². The highest BCUT2D eigenvalue weighted by Crippen LogP contribution is 2.14. The van der Waals surface area contributed by atoms with Crippen LogP contribution in [0.3, 0.4) is 0 Å². The van der Waals surface area contributed by atoms with E-state index in [0.29, 0.717) is 4.88 Å². The van der Waals surface area contributed by atoms with Crippen molar-refractivity contribution in [2.45, 2.75) is 6.42 Å². The number of thiophene rings is 1. The van der Waals surface area contributed by atoms with E-state index in [1.54, 1.807) is 6.07 Å². The number of carbonyl (C=O) groups is 1. The number of amides is 1. The van der Waals surface area contributed by atoms with Crippen molar-refractivity contribution in [3.8, 4) is 11.8 Å². The Balaban J connectivity index is 2.59. The van der Waals surface area contributed by atoms with Crippen molar-refractivity contribution in [3.05, 3.63) is 21.9 Å². The molecular formula is C10H13N3OS. The fourth-order valence-electron chi connectivity index (χ4n) is 0.935. The van der Waals surface area contributed by atoms with Crippen LogP contribution >= 0.6 is 11.3 Å². The third-order valence-corrected chi connectivity index (χ3v) is 2.67. The van der Waals surface area contributed by atoms with Gasteiger partial charge in [-0.25, -0.2) is 5.84 Å². The van der Waals surface area contributed by atoms with Crippen molar-refractivity contribution in [2.75, 3.05) is 13.6 Å². The van der Waals surface area contributed by atoms with Gasteiger partial charge < -0.3 is 5.32 Å². The van der Waals surface area contributed by atoms with Gasteiger partial charge in [0.1, 0.15) is 0 Å². The van der Waals surface area contributed by atoms with Crippen molar-refractivity contribution >= 4 is 17.2 Å². The topological polar surface area (TPSA) is 67.2 Å². The van der Waals surface area contributed by atoms with E-state index in [9.17, 15) is 4.79 Å². The molecule has 4 nitrogen and oxygen atoms in total. The van der Waals surface area contributed by atoms with E-state index in [4.69, 9.17) is 5.84 Å². The van der Waals surface area contributed by atoms with Crippen LogP contribution in [-0.4, -0.2) is 19.5 Å². The molecule has 1 rings (SSSR count). The van der Waals surface area contributed by atoms with Gasteiger partial charge in [-0.05, 0) is 19.2 Å². The molecule has 0 aliphatic heterocycles. The summed E-state index contributed by atoms with van der Waals surface area (Å²) >= 11 is 1.34. The van der Waals surface area contributed by atoms with Gasteiger partial charge in [-0.3, -0.25) is 10.2 Å². The van der Waals surface area contributed by atoms with Gasteiger partial charge >= 0.3 is 0 Å². The van der Waals surface area contributed by atoms with Crippen molar-refractivity contribution < 1.29 is 4.79 Å². The van der Waals surface area contributed by atoms with Crippen LogP contribution in [0.15, 0.2) is 12.1 Å². The quantitative estimate of drug-likeness (QED) is 0.227. The highest BCUT2D eigenvalue weighted by Gasteiger charge is 2.05. The standard InChI is InChI=1S/C10H13N3OS/c1-12-7-3-2-4-8-5-6-9(15-8)10(14)13-11/h5-6,12H,3,7,11H2,1H3,(H,13,14). The number of hydrazine groups is 1. The van der Waals surface area contributed by atoms with Crippen LogP contribution in [0.25, 0.3) is 0 Å². The number of hydrogen-bond acceptors (Lipinski definition) is 4. The molecule has 0 spiro atoms. The third kappa shape index (κ3) is 3.72. The summed E-state index contributed by atoms with van der Waals surface area (Å²) in [5.41, 5.74) is 2.08. The maximum Gasteiger partial charge on any atom is 0.275 e. The molecule has 5 heteroatoms. The molecule has 0 bridgehead atoms. The summed E-state index contributed by atoms with van der Waals surface area (Å²) in [6, 6.07) is 3.54. The minimum Gasteiger partial charge on any atom is -0.319 e. The van der Waals surface area contributed by atoms with E-state index in [1.807, 2.05) is 13.1 Å². The predicted molar refractivity (Wildman–Crippen MR) is 61.4 cm³/mol. The minimum atomic E-state index is -0.275. The monoisotopic (exact) mass is 223 g/mol. The first kappa shape index (κ1) is 11.7. The number of nitrogens with one attached hydrogen (secondary N) is 2. The number of nitrogen functional groups attached to an aromatic ring is 1. The minimum absolute atomic E-state index is 0.275. The summed E-state index contributed by atoms with van der Waals surface area (Å²) in [6.45, 7) is 0.870. The van der Waals surface area contributed by atoms with Crippen LogP contribution in [0.5, 0.6) is 0 Å². The molecule has 0 aliphatic carbocycles. The van der Waals surface area contributed by atoms with Gasteiger partial charge in [0.2, 0.25) is 0 Å². The molecular weight excluding hydrogens is 210 g/mol. The molecule has 1 aromatic rings. The van der Waals surface area contributed by atoms with Gasteiger partial charge in [0.15, 0.2) is 0 Å². The molecule has 0 aliphatic rings. The van der Waals surface area contributed by atoms with E-state index < -0.39 is 0 Å². The van der Waals surface area contributed by atoms with E-state index >= 15 is 0 Å². The fraction of sp³-hybridized carbons (Fsp3) is 0.300. The molecule has 0 atom stereocenters. The highest BCUT2D eigenvalue weighted by atomic mass is 32.1. The SMILES string of the molecule is CNCCC#Cc1ccc(C(=O)NN)s1. The summed E-state index contributed by atoms with van der Waals surface area (Å²) in [5.74, 6) is 10.7. The van der Waals surface area contributed by atoms with E-state index in [1.165, 1.54) is 11.3 Å². The molecule has 80 valence electrons. The summed E-state index contributed by atoms with van der Waals surface area (Å²) in [4.78, 5) is 12.6. The Kier molecular flexibility index (Phi) is 4.84. The van der Waals surface area contributed by atoms with Gasteiger partial charge in [0.05, 0.1) is 9.75 Å². The van der Waals surface area contributed by atoms with Gasteiger partial charge in [0.25, 0.3) is 5.91 Å². The van der Waals surface area contributed by atoms with Crippen LogP contribution in [0, 0.1) is 11.8 Å². The molecule has 4 N–H and O–H groups in total. The summed E-state index contributed by atoms with van der Waals surface area (Å²) in [5, 5.41) is 3.01. The number of nitrogens with two attached hydrogens (primary N) is 1. The lowest BCUT2D eigenvalue weighted by atomic mass is 10.4. The maximum atomic E-state index is 11.1. The lowest BCUT2D eigenvalue weighted by Crippen LogP contribution is -2.29. The second-order valence-corrected chi connectivity index (χ2v) is 3.88. The Morgan fingerprint density at radius 3 is 3.07 bits per heavy atom. The van der Waals surface area contributed by atoms with Crippen LogP contribution < -0.4 is 16.6 Å². The molecule has 0 aromatic carbocycles. The first-order chi connectivity index (χ1) is 7.27. The molecule has 0 fully saturated rings. The van der Waals surface area contributed by atoms with Gasteiger partial charge in [-0.2, -0.15) is 0 Å². The zero-order valence-corrected chi connectivity index (χ0v) is 9.28. The largest absolute Gasteiger partial charge is 0.319 e. The van der Waals surface area contributed by atoms with Crippen molar-refractivity contribution in [1.82, 2.24) is 10.7 Å². The van der Waals surface area contributed by atoms with Crippen LogP contribution in [0.1, 0.15) is 21.0 Å². The highest BCUT2D eigenvalue weighted by molar-refractivity contribution is 7.14. The van der Waals surface area contributed by atoms with Crippen molar-refractivity contribution in [2.24, 2.45) is 5.84 Å². The average molecular weight is 223 g/mol. The smallest absolute Gasteiger partial charge is 0.275 e. The second-order valence-electron chi connectivity index (χ2n) is 2.79. The Morgan fingerprint density at radius 2 is 2.40 bits per heavy atom. The Morgan fingerprint density at radius 1 is 1.60 bits per heavy atom. The average Bonchev–Trinajstić information content (AvgIpc) is 2.72. The fourth-order valence-corrected chi connectivity index (χ4v) is 1.72. The molecule has 0 unspecified atom stereocenters. The molecule has 1 amide bonds. The molecule has 0 saturated heterocycles. The number of rotatable bonds is 3. The van der Waals surface area contributed by atoms with E-state index in [-0.39, 0.29) is 5.91 Å². The summed E-state index contributed by atoms with van der Waals surface area (Å²) in [7, 11) is 1.89. The Bertz CT molecular complexity index is 389. The zero-order chi connectivity index (χ0) is 11.1.